The van der Waals surface area contributed by atoms with Crippen molar-refractivity contribution in [2.45, 2.75) is 26.4 Å². The number of rotatable bonds is 2. The molecule has 6 nitrogen and oxygen atoms in total. The summed E-state index contributed by atoms with van der Waals surface area (Å²) in [5.41, 5.74) is -1.87. The highest BCUT2D eigenvalue weighted by Crippen LogP contribution is 2.13. The van der Waals surface area contributed by atoms with Crippen LogP contribution in [0.15, 0.2) is 17.1 Å². The van der Waals surface area contributed by atoms with Crippen LogP contribution < -0.4 is 5.56 Å². The van der Waals surface area contributed by atoms with Crippen molar-refractivity contribution >= 4 is 11.9 Å². The van der Waals surface area contributed by atoms with Gasteiger partial charge in [0, 0.05) is 12.3 Å². The Balaban J connectivity index is 3.18. The fourth-order valence-electron chi connectivity index (χ4n) is 1.15. The van der Waals surface area contributed by atoms with Crippen molar-refractivity contribution in [3.8, 4) is 0 Å². The Morgan fingerprint density at radius 1 is 1.29 bits per heavy atom. The summed E-state index contributed by atoms with van der Waals surface area (Å²) in [6.07, 6.45) is 1.04. The third-order valence-corrected chi connectivity index (χ3v) is 1.77. The van der Waals surface area contributed by atoms with Crippen molar-refractivity contribution in [2.75, 3.05) is 0 Å². The Labute approximate surface area is 97.2 Å². The number of ether oxygens (including phenoxy) is 1. The zero-order chi connectivity index (χ0) is 13.2. The van der Waals surface area contributed by atoms with Crippen molar-refractivity contribution in [2.24, 2.45) is 0 Å². The average Bonchev–Trinajstić information content (AvgIpc) is 2.14. The molecule has 92 valence electrons. The van der Waals surface area contributed by atoms with Crippen LogP contribution in [0.1, 0.15) is 41.5 Å². The molecule has 0 amide bonds. The van der Waals surface area contributed by atoms with E-state index in [1.54, 1.807) is 20.8 Å². The zero-order valence-corrected chi connectivity index (χ0v) is 9.73. The number of hydrogen-bond acceptors (Lipinski definition) is 4. The van der Waals surface area contributed by atoms with Crippen LogP contribution in [0, 0.1) is 0 Å². The number of aromatic carboxylic acids is 1. The number of H-pyrrole nitrogens is 1. The van der Waals surface area contributed by atoms with E-state index in [9.17, 15) is 14.4 Å². The van der Waals surface area contributed by atoms with Gasteiger partial charge in [-0.25, -0.2) is 9.59 Å². The number of carbonyl (C=O) groups excluding carboxylic acids is 1. The largest absolute Gasteiger partial charge is 0.478 e. The van der Waals surface area contributed by atoms with Gasteiger partial charge in [0.2, 0.25) is 5.56 Å². The molecule has 0 atom stereocenters. The van der Waals surface area contributed by atoms with Gasteiger partial charge in [0.25, 0.3) is 0 Å². The lowest BCUT2D eigenvalue weighted by molar-refractivity contribution is 0.00653. The van der Waals surface area contributed by atoms with Gasteiger partial charge >= 0.3 is 11.9 Å². The molecule has 0 aromatic carbocycles. The summed E-state index contributed by atoms with van der Waals surface area (Å²) in [5.74, 6) is -2.14. The Morgan fingerprint density at radius 3 is 2.35 bits per heavy atom. The van der Waals surface area contributed by atoms with Gasteiger partial charge in [0.05, 0.1) is 11.1 Å². The first-order valence-electron chi connectivity index (χ1n) is 4.90. The minimum atomic E-state index is -1.35. The fourth-order valence-corrected chi connectivity index (χ4v) is 1.15. The van der Waals surface area contributed by atoms with Gasteiger partial charge in [0.1, 0.15) is 5.60 Å². The molecule has 1 heterocycles. The molecule has 1 aromatic heterocycles. The van der Waals surface area contributed by atoms with Gasteiger partial charge in [0.15, 0.2) is 0 Å². The number of esters is 1. The predicted molar refractivity (Wildman–Crippen MR) is 59.2 cm³/mol. The maximum absolute atomic E-state index is 11.7. The van der Waals surface area contributed by atoms with Gasteiger partial charge in [-0.1, -0.05) is 0 Å². The minimum absolute atomic E-state index is 0.174. The second-order valence-electron chi connectivity index (χ2n) is 4.43. The molecule has 1 rings (SSSR count). The first-order chi connectivity index (χ1) is 7.70. The van der Waals surface area contributed by atoms with Crippen molar-refractivity contribution in [3.05, 3.63) is 33.7 Å². The van der Waals surface area contributed by atoms with Crippen LogP contribution in [0.4, 0.5) is 0 Å². The first kappa shape index (κ1) is 13.0. The van der Waals surface area contributed by atoms with Crippen molar-refractivity contribution in [3.63, 3.8) is 0 Å². The molecule has 0 bridgehead atoms. The monoisotopic (exact) mass is 239 g/mol. The van der Waals surface area contributed by atoms with Crippen molar-refractivity contribution < 1.29 is 19.4 Å². The first-order valence-corrected chi connectivity index (χ1v) is 4.90. The third kappa shape index (κ3) is 3.44. The Morgan fingerprint density at radius 2 is 1.88 bits per heavy atom. The molecule has 17 heavy (non-hydrogen) atoms. The molecule has 0 saturated heterocycles. The standard InChI is InChI=1S/C11H13NO5/c1-11(2,3)17-10(16)7-5-12-8(13)4-6(7)9(14)15/h4-5H,1-3H3,(H,12,13)(H,14,15). The molecule has 6 heteroatoms. The topological polar surface area (TPSA) is 96.5 Å². The lowest BCUT2D eigenvalue weighted by Gasteiger charge is -2.19. The molecule has 0 unspecified atom stereocenters. The summed E-state index contributed by atoms with van der Waals surface area (Å²) >= 11 is 0. The van der Waals surface area contributed by atoms with E-state index in [0.717, 1.165) is 12.3 Å². The van der Waals surface area contributed by atoms with E-state index in [1.807, 2.05) is 0 Å². The third-order valence-electron chi connectivity index (χ3n) is 1.77. The normalized spacial score (nSPS) is 11.0. The summed E-state index contributed by atoms with van der Waals surface area (Å²) < 4.78 is 5.03. The second kappa shape index (κ2) is 4.40. The molecule has 0 aliphatic rings. The van der Waals surface area contributed by atoms with Crippen LogP contribution in [-0.2, 0) is 4.74 Å². The maximum Gasteiger partial charge on any atom is 0.341 e. The SMILES string of the molecule is CC(C)(C)OC(=O)c1c[nH]c(=O)cc1C(=O)O. The van der Waals surface area contributed by atoms with E-state index in [2.05, 4.69) is 4.98 Å². The van der Waals surface area contributed by atoms with Crippen LogP contribution in [0.3, 0.4) is 0 Å². The van der Waals surface area contributed by atoms with Gasteiger partial charge in [-0.2, -0.15) is 0 Å². The quantitative estimate of drug-likeness (QED) is 0.751. The average molecular weight is 239 g/mol. The molecular formula is C11H13NO5. The fraction of sp³-hybridized carbons (Fsp3) is 0.364. The van der Waals surface area contributed by atoms with Crippen LogP contribution in [0.25, 0.3) is 0 Å². The zero-order valence-electron chi connectivity index (χ0n) is 9.73. The van der Waals surface area contributed by atoms with E-state index < -0.39 is 23.1 Å². The minimum Gasteiger partial charge on any atom is -0.478 e. The Kier molecular flexibility index (Phi) is 3.36. The van der Waals surface area contributed by atoms with Gasteiger partial charge in [-0.3, -0.25) is 4.79 Å². The van der Waals surface area contributed by atoms with Crippen molar-refractivity contribution in [1.29, 1.82) is 0 Å². The number of carbonyl (C=O) groups is 2. The molecule has 0 fully saturated rings. The Bertz CT molecular complexity index is 509. The van der Waals surface area contributed by atoms with E-state index >= 15 is 0 Å². The summed E-state index contributed by atoms with van der Waals surface area (Å²) in [6.45, 7) is 4.99. The molecule has 0 saturated carbocycles. The Hall–Kier alpha value is -2.11. The summed E-state index contributed by atoms with van der Waals surface area (Å²) in [4.78, 5) is 35.8. The number of hydrogen-bond donors (Lipinski definition) is 2. The smallest absolute Gasteiger partial charge is 0.341 e. The summed E-state index contributed by atoms with van der Waals surface area (Å²) in [7, 11) is 0. The number of aromatic nitrogens is 1. The lowest BCUT2D eigenvalue weighted by atomic mass is 10.1. The summed E-state index contributed by atoms with van der Waals surface area (Å²) in [6, 6.07) is 0.849. The lowest BCUT2D eigenvalue weighted by Crippen LogP contribution is -2.26. The van der Waals surface area contributed by atoms with E-state index in [1.165, 1.54) is 0 Å². The highest BCUT2D eigenvalue weighted by Gasteiger charge is 2.23. The highest BCUT2D eigenvalue weighted by atomic mass is 16.6. The second-order valence-corrected chi connectivity index (χ2v) is 4.43. The number of pyridine rings is 1. The highest BCUT2D eigenvalue weighted by molar-refractivity contribution is 6.02. The molecule has 1 aromatic rings. The number of aromatic amines is 1. The van der Waals surface area contributed by atoms with E-state index in [4.69, 9.17) is 9.84 Å². The van der Waals surface area contributed by atoms with Gasteiger partial charge < -0.3 is 14.8 Å². The molecule has 0 aliphatic heterocycles. The molecule has 0 radical (unpaired) electrons. The van der Waals surface area contributed by atoms with E-state index in [0.29, 0.717) is 0 Å². The van der Waals surface area contributed by atoms with Crippen molar-refractivity contribution in [1.82, 2.24) is 4.98 Å². The molecule has 0 aliphatic carbocycles. The van der Waals surface area contributed by atoms with Crippen LogP contribution in [-0.4, -0.2) is 27.6 Å². The molecular weight excluding hydrogens is 226 g/mol. The van der Waals surface area contributed by atoms with Gasteiger partial charge in [-0.15, -0.1) is 0 Å². The summed E-state index contributed by atoms with van der Waals surface area (Å²) in [5, 5.41) is 8.88. The number of carboxylic acid groups (broad SMARTS) is 1. The predicted octanol–water partition coefficient (Wildman–Crippen LogP) is 1.03. The van der Waals surface area contributed by atoms with Crippen LogP contribution in [0.2, 0.25) is 0 Å². The number of nitrogens with one attached hydrogen (secondary N) is 1. The van der Waals surface area contributed by atoms with Crippen LogP contribution in [0.5, 0.6) is 0 Å². The van der Waals surface area contributed by atoms with E-state index in [-0.39, 0.29) is 11.1 Å². The number of carboxylic acids is 1. The maximum atomic E-state index is 11.7. The van der Waals surface area contributed by atoms with Gasteiger partial charge in [-0.05, 0) is 20.8 Å². The molecule has 0 spiro atoms. The molecule has 2 N–H and O–H groups in total. The van der Waals surface area contributed by atoms with Crippen LogP contribution >= 0.6 is 0 Å².